The summed E-state index contributed by atoms with van der Waals surface area (Å²) < 4.78 is 4.65. The summed E-state index contributed by atoms with van der Waals surface area (Å²) in [7, 11) is 0. The second-order valence-electron chi connectivity index (χ2n) is 11.0. The van der Waals surface area contributed by atoms with Crippen LogP contribution in [-0.2, 0) is 0 Å². The van der Waals surface area contributed by atoms with E-state index in [9.17, 15) is 0 Å². The van der Waals surface area contributed by atoms with Gasteiger partial charge in [-0.15, -0.1) is 0 Å². The van der Waals surface area contributed by atoms with Crippen molar-refractivity contribution >= 4 is 55.5 Å². The van der Waals surface area contributed by atoms with Crippen LogP contribution in [0.15, 0.2) is 152 Å². The van der Waals surface area contributed by atoms with Crippen molar-refractivity contribution in [1.82, 2.24) is 9.13 Å². The normalized spacial score (nSPS) is 11.7. The Labute approximate surface area is 254 Å². The van der Waals surface area contributed by atoms with Crippen molar-refractivity contribution in [3.8, 4) is 22.5 Å². The van der Waals surface area contributed by atoms with Crippen molar-refractivity contribution in [3.05, 3.63) is 157 Å². The van der Waals surface area contributed by atoms with E-state index in [1.54, 1.807) is 12.2 Å². The van der Waals surface area contributed by atoms with E-state index in [2.05, 4.69) is 137 Å². The third-order valence-corrected chi connectivity index (χ3v) is 8.49. The largest absolute Gasteiger partial charge is 0.309 e. The molecular formula is C40H28N4. The van der Waals surface area contributed by atoms with Gasteiger partial charge in [0.05, 0.1) is 27.8 Å². The quantitative estimate of drug-likeness (QED) is 0.189. The monoisotopic (exact) mass is 564 g/mol. The van der Waals surface area contributed by atoms with Gasteiger partial charge in [0.2, 0.25) is 0 Å². The maximum atomic E-state index is 8.29. The molecule has 2 N–H and O–H groups in total. The second-order valence-corrected chi connectivity index (χ2v) is 11.0. The zero-order valence-corrected chi connectivity index (χ0v) is 23.9. The third kappa shape index (κ3) is 4.08. The number of rotatable bonds is 6. The van der Waals surface area contributed by atoms with Crippen molar-refractivity contribution in [2.24, 2.45) is 0 Å². The van der Waals surface area contributed by atoms with E-state index in [1.807, 2.05) is 12.1 Å². The molecule has 0 fully saturated rings. The second kappa shape index (κ2) is 10.4. The van der Waals surface area contributed by atoms with Gasteiger partial charge < -0.3 is 20.0 Å². The molecule has 8 aromatic rings. The summed E-state index contributed by atoms with van der Waals surface area (Å²) in [5.41, 5.74) is 10.5. The fourth-order valence-corrected chi connectivity index (χ4v) is 6.47. The summed E-state index contributed by atoms with van der Waals surface area (Å²) in [5, 5.41) is 20.4. The Balaban J connectivity index is 1.27. The first-order chi connectivity index (χ1) is 21.7. The van der Waals surface area contributed by atoms with Crippen molar-refractivity contribution in [2.75, 3.05) is 0 Å². The van der Waals surface area contributed by atoms with Gasteiger partial charge in [0.15, 0.2) is 0 Å². The maximum absolute atomic E-state index is 8.29. The zero-order chi connectivity index (χ0) is 29.6. The average Bonchev–Trinajstić information content (AvgIpc) is 3.60. The minimum Gasteiger partial charge on any atom is -0.309 e. The number of fused-ring (bicyclic) bond motifs is 6. The van der Waals surface area contributed by atoms with Crippen molar-refractivity contribution in [1.29, 1.82) is 10.8 Å². The van der Waals surface area contributed by atoms with Gasteiger partial charge in [0.25, 0.3) is 0 Å². The lowest BCUT2D eigenvalue weighted by atomic mass is 10.0. The number of nitrogens with one attached hydrogen (secondary N) is 2. The van der Waals surface area contributed by atoms with Gasteiger partial charge in [-0.25, -0.2) is 0 Å². The van der Waals surface area contributed by atoms with Gasteiger partial charge in [0.1, 0.15) is 0 Å². The first-order valence-electron chi connectivity index (χ1n) is 14.7. The fourth-order valence-electron chi connectivity index (χ4n) is 6.47. The van der Waals surface area contributed by atoms with E-state index in [1.165, 1.54) is 49.9 Å². The standard InChI is InChI=1S/C40H28N4/c41-24-8-13-36(42)27-16-20-31(21-17-27)44-38-15-7-5-12-33(38)35-26-29(19-23-40(35)44)28-18-22-39-34(25-28)32-11-4-6-14-37(32)43(39)30-9-2-1-3-10-30/h1-26,41-42H/b13-8-,41-24?,42-36?. The average molecular weight is 565 g/mol. The maximum Gasteiger partial charge on any atom is 0.0612 e. The number of allylic oxidation sites excluding steroid dienone is 2. The van der Waals surface area contributed by atoms with Gasteiger partial charge in [-0.2, -0.15) is 0 Å². The summed E-state index contributed by atoms with van der Waals surface area (Å²) in [5.74, 6) is 0. The molecule has 0 unspecified atom stereocenters. The lowest BCUT2D eigenvalue weighted by molar-refractivity contribution is 1.18. The number of hydrogen-bond acceptors (Lipinski definition) is 2. The lowest BCUT2D eigenvalue weighted by Gasteiger charge is -2.10. The number of hydrogen-bond donors (Lipinski definition) is 2. The molecule has 0 aliphatic carbocycles. The van der Waals surface area contributed by atoms with Crippen LogP contribution in [0.5, 0.6) is 0 Å². The third-order valence-electron chi connectivity index (χ3n) is 8.49. The summed E-state index contributed by atoms with van der Waals surface area (Å²) in [6.45, 7) is 0. The highest BCUT2D eigenvalue weighted by Gasteiger charge is 2.16. The SMILES string of the molecule is N=C/C=C\C(=N)c1ccc(-n2c3ccccc3c3cc(-c4ccc5c(c4)c4ccccc4n5-c4ccccc4)ccc32)cc1. The molecular weight excluding hydrogens is 536 g/mol. The van der Waals surface area contributed by atoms with Crippen molar-refractivity contribution < 1.29 is 0 Å². The van der Waals surface area contributed by atoms with Crippen LogP contribution < -0.4 is 0 Å². The Morgan fingerprint density at radius 1 is 0.477 bits per heavy atom. The van der Waals surface area contributed by atoms with E-state index in [-0.39, 0.29) is 0 Å². The van der Waals surface area contributed by atoms with Gasteiger partial charge in [-0.3, -0.25) is 0 Å². The van der Waals surface area contributed by atoms with Gasteiger partial charge in [0, 0.05) is 39.1 Å². The van der Waals surface area contributed by atoms with Crippen LogP contribution in [0, 0.1) is 10.8 Å². The molecule has 0 bridgehead atoms. The minimum atomic E-state index is 0.385. The lowest BCUT2D eigenvalue weighted by Crippen LogP contribution is -1.97. The van der Waals surface area contributed by atoms with Crippen LogP contribution >= 0.6 is 0 Å². The first kappa shape index (κ1) is 25.7. The van der Waals surface area contributed by atoms with Crippen LogP contribution in [0.4, 0.5) is 0 Å². The molecule has 0 aliphatic heterocycles. The van der Waals surface area contributed by atoms with E-state index < -0.39 is 0 Å². The van der Waals surface area contributed by atoms with Crippen molar-refractivity contribution in [2.45, 2.75) is 0 Å². The molecule has 2 aromatic heterocycles. The molecule has 0 spiro atoms. The highest BCUT2D eigenvalue weighted by Crippen LogP contribution is 2.38. The van der Waals surface area contributed by atoms with E-state index in [0.717, 1.165) is 28.0 Å². The molecule has 0 radical (unpaired) electrons. The van der Waals surface area contributed by atoms with Gasteiger partial charge >= 0.3 is 0 Å². The molecule has 0 saturated heterocycles. The predicted octanol–water partition coefficient (Wildman–Crippen LogP) is 10.1. The van der Waals surface area contributed by atoms with Crippen LogP contribution in [0.25, 0.3) is 66.1 Å². The van der Waals surface area contributed by atoms with E-state index in [0.29, 0.717) is 5.71 Å². The highest BCUT2D eigenvalue weighted by molar-refractivity contribution is 6.13. The highest BCUT2D eigenvalue weighted by atomic mass is 15.0. The van der Waals surface area contributed by atoms with E-state index >= 15 is 0 Å². The van der Waals surface area contributed by atoms with Gasteiger partial charge in [-0.05, 0) is 89.5 Å². The Morgan fingerprint density at radius 2 is 0.955 bits per heavy atom. The first-order valence-corrected chi connectivity index (χ1v) is 14.7. The fraction of sp³-hybridized carbons (Fsp3) is 0. The molecule has 2 heterocycles. The molecule has 6 aromatic carbocycles. The summed E-state index contributed by atoms with van der Waals surface area (Å²) in [6.07, 6.45) is 4.40. The van der Waals surface area contributed by atoms with E-state index in [4.69, 9.17) is 10.8 Å². The molecule has 0 amide bonds. The smallest absolute Gasteiger partial charge is 0.0612 e. The topological polar surface area (TPSA) is 57.6 Å². The van der Waals surface area contributed by atoms with Crippen LogP contribution in [0.2, 0.25) is 0 Å². The van der Waals surface area contributed by atoms with Gasteiger partial charge in [-0.1, -0.05) is 78.9 Å². The Hall–Kier alpha value is -6.00. The molecule has 8 rings (SSSR count). The molecule has 0 atom stereocenters. The zero-order valence-electron chi connectivity index (χ0n) is 23.9. The Morgan fingerprint density at radius 3 is 1.50 bits per heavy atom. The Kier molecular flexibility index (Phi) is 6.05. The minimum absolute atomic E-state index is 0.385. The Bertz CT molecular complexity index is 2400. The summed E-state index contributed by atoms with van der Waals surface area (Å²) in [4.78, 5) is 0. The van der Waals surface area contributed by atoms with Crippen LogP contribution in [0.3, 0.4) is 0 Å². The summed E-state index contributed by atoms with van der Waals surface area (Å²) in [6, 6.07) is 49.4. The number of para-hydroxylation sites is 3. The molecule has 0 saturated carbocycles. The molecule has 44 heavy (non-hydrogen) atoms. The summed E-state index contributed by atoms with van der Waals surface area (Å²) >= 11 is 0. The molecule has 208 valence electrons. The predicted molar refractivity (Wildman–Crippen MR) is 185 cm³/mol. The van der Waals surface area contributed by atoms with Crippen LogP contribution in [-0.4, -0.2) is 21.1 Å². The number of nitrogens with zero attached hydrogens (tertiary/aromatic N) is 2. The molecule has 0 aliphatic rings. The molecule has 4 nitrogen and oxygen atoms in total. The van der Waals surface area contributed by atoms with Crippen LogP contribution in [0.1, 0.15) is 5.56 Å². The number of benzene rings is 6. The molecule has 4 heteroatoms. The number of aromatic nitrogens is 2. The van der Waals surface area contributed by atoms with Crippen molar-refractivity contribution in [3.63, 3.8) is 0 Å².